The molecule has 0 bridgehead atoms. The quantitative estimate of drug-likeness (QED) is 0.883. The summed E-state index contributed by atoms with van der Waals surface area (Å²) in [7, 11) is 0. The van der Waals surface area contributed by atoms with Crippen molar-refractivity contribution in [3.63, 3.8) is 0 Å². The van der Waals surface area contributed by atoms with E-state index in [1.54, 1.807) is 0 Å². The summed E-state index contributed by atoms with van der Waals surface area (Å²) in [6.07, 6.45) is 2.54. The summed E-state index contributed by atoms with van der Waals surface area (Å²) in [5.41, 5.74) is 2.14. The number of aliphatic hydroxyl groups is 1. The zero-order chi connectivity index (χ0) is 14.9. The molecule has 22 heavy (non-hydrogen) atoms. The molecule has 2 heterocycles. The van der Waals surface area contributed by atoms with Crippen LogP contribution in [0.5, 0.6) is 0 Å². The van der Waals surface area contributed by atoms with Crippen LogP contribution in [0.15, 0.2) is 24.3 Å². The van der Waals surface area contributed by atoms with Crippen LogP contribution < -0.4 is 10.2 Å². The molecule has 1 aliphatic heterocycles. The van der Waals surface area contributed by atoms with E-state index >= 15 is 0 Å². The number of hydrogen-bond donors (Lipinski definition) is 2. The second-order valence-electron chi connectivity index (χ2n) is 6.33. The summed E-state index contributed by atoms with van der Waals surface area (Å²) in [4.78, 5) is 12.0. The second kappa shape index (κ2) is 5.82. The average molecular weight is 298 g/mol. The van der Waals surface area contributed by atoms with Gasteiger partial charge in [-0.05, 0) is 25.3 Å². The Hall–Kier alpha value is -1.72. The third-order valence-corrected chi connectivity index (χ3v) is 4.81. The molecule has 116 valence electrons. The van der Waals surface area contributed by atoms with Gasteiger partial charge in [0.1, 0.15) is 0 Å². The van der Waals surface area contributed by atoms with Gasteiger partial charge < -0.3 is 15.3 Å². The fourth-order valence-corrected chi connectivity index (χ4v) is 3.61. The van der Waals surface area contributed by atoms with Gasteiger partial charge in [0.2, 0.25) is 5.95 Å². The van der Waals surface area contributed by atoms with E-state index in [0.717, 1.165) is 68.0 Å². The lowest BCUT2D eigenvalue weighted by atomic mass is 9.99. The maximum Gasteiger partial charge on any atom is 0.226 e. The van der Waals surface area contributed by atoms with Crippen LogP contribution in [-0.4, -0.2) is 47.4 Å². The van der Waals surface area contributed by atoms with Gasteiger partial charge in [0.25, 0.3) is 0 Å². The third-order valence-electron chi connectivity index (χ3n) is 4.81. The number of fused-ring (bicyclic) bond motifs is 1. The molecule has 5 heteroatoms. The molecule has 1 aromatic heterocycles. The van der Waals surface area contributed by atoms with Crippen molar-refractivity contribution in [2.75, 3.05) is 31.1 Å². The van der Waals surface area contributed by atoms with Crippen LogP contribution in [0.3, 0.4) is 0 Å². The van der Waals surface area contributed by atoms with Crippen molar-refractivity contribution in [2.45, 2.75) is 31.3 Å². The Balaban J connectivity index is 1.78. The summed E-state index contributed by atoms with van der Waals surface area (Å²) in [5.74, 6) is 1.20. The van der Waals surface area contributed by atoms with E-state index < -0.39 is 0 Å². The number of piperazine rings is 1. The topological polar surface area (TPSA) is 61.3 Å². The van der Waals surface area contributed by atoms with Gasteiger partial charge in [0.15, 0.2) is 0 Å². The van der Waals surface area contributed by atoms with Crippen molar-refractivity contribution in [1.82, 2.24) is 15.3 Å². The zero-order valence-corrected chi connectivity index (χ0v) is 12.7. The highest BCUT2D eigenvalue weighted by atomic mass is 16.3. The van der Waals surface area contributed by atoms with Crippen LogP contribution >= 0.6 is 0 Å². The van der Waals surface area contributed by atoms with E-state index in [2.05, 4.69) is 22.3 Å². The predicted octanol–water partition coefficient (Wildman–Crippen LogP) is 1.67. The molecule has 0 spiro atoms. The summed E-state index contributed by atoms with van der Waals surface area (Å²) in [6, 6.07) is 8.25. The molecule has 0 radical (unpaired) electrons. The van der Waals surface area contributed by atoms with Crippen molar-refractivity contribution in [3.8, 4) is 0 Å². The fraction of sp³-hybridized carbons (Fsp3) is 0.529. The highest BCUT2D eigenvalue weighted by molar-refractivity contribution is 5.82. The van der Waals surface area contributed by atoms with E-state index in [0.29, 0.717) is 5.92 Å². The molecule has 1 saturated heterocycles. The van der Waals surface area contributed by atoms with Gasteiger partial charge in [-0.25, -0.2) is 9.97 Å². The van der Waals surface area contributed by atoms with Gasteiger partial charge in [-0.1, -0.05) is 18.2 Å². The third kappa shape index (κ3) is 2.55. The number of benzene rings is 1. The van der Waals surface area contributed by atoms with Gasteiger partial charge >= 0.3 is 0 Å². The number of aliphatic hydroxyl groups excluding tert-OH is 1. The van der Waals surface area contributed by atoms with Gasteiger partial charge in [0.05, 0.1) is 17.3 Å². The summed E-state index contributed by atoms with van der Waals surface area (Å²) in [5, 5.41) is 14.4. The van der Waals surface area contributed by atoms with Gasteiger partial charge in [-0.3, -0.25) is 0 Å². The smallest absolute Gasteiger partial charge is 0.226 e. The van der Waals surface area contributed by atoms with Crippen LogP contribution in [0.2, 0.25) is 0 Å². The van der Waals surface area contributed by atoms with Gasteiger partial charge in [-0.2, -0.15) is 0 Å². The highest BCUT2D eigenvalue weighted by Crippen LogP contribution is 2.37. The number of hydrogen-bond acceptors (Lipinski definition) is 5. The zero-order valence-electron chi connectivity index (χ0n) is 12.7. The molecule has 2 aliphatic rings. The Kier molecular flexibility index (Phi) is 3.68. The van der Waals surface area contributed by atoms with Crippen LogP contribution in [-0.2, 0) is 0 Å². The van der Waals surface area contributed by atoms with Gasteiger partial charge in [0, 0.05) is 37.5 Å². The molecule has 5 nitrogen and oxygen atoms in total. The summed E-state index contributed by atoms with van der Waals surface area (Å²) >= 11 is 0. The van der Waals surface area contributed by atoms with Crippen molar-refractivity contribution < 1.29 is 5.11 Å². The van der Waals surface area contributed by atoms with E-state index in [-0.39, 0.29) is 6.10 Å². The Morgan fingerprint density at radius 1 is 1.09 bits per heavy atom. The van der Waals surface area contributed by atoms with Crippen LogP contribution in [0.1, 0.15) is 30.9 Å². The van der Waals surface area contributed by atoms with Crippen LogP contribution in [0, 0.1) is 0 Å². The summed E-state index contributed by atoms with van der Waals surface area (Å²) in [6.45, 7) is 3.86. The minimum Gasteiger partial charge on any atom is -0.393 e. The lowest BCUT2D eigenvalue weighted by molar-refractivity contribution is 0.181. The first kappa shape index (κ1) is 13.9. The predicted molar refractivity (Wildman–Crippen MR) is 87.2 cm³/mol. The number of rotatable bonds is 2. The number of para-hydroxylation sites is 1. The first-order chi connectivity index (χ1) is 10.8. The molecule has 1 aliphatic carbocycles. The molecule has 2 N–H and O–H groups in total. The minimum atomic E-state index is -0.179. The van der Waals surface area contributed by atoms with Crippen molar-refractivity contribution in [2.24, 2.45) is 0 Å². The molecule has 1 saturated carbocycles. The van der Waals surface area contributed by atoms with Crippen LogP contribution in [0.25, 0.3) is 10.9 Å². The Labute approximate surface area is 130 Å². The van der Waals surface area contributed by atoms with Crippen molar-refractivity contribution >= 4 is 16.9 Å². The first-order valence-corrected chi connectivity index (χ1v) is 8.21. The number of aromatic nitrogens is 2. The minimum absolute atomic E-state index is 0.179. The Morgan fingerprint density at radius 3 is 2.68 bits per heavy atom. The maximum atomic E-state index is 9.89. The van der Waals surface area contributed by atoms with E-state index in [9.17, 15) is 5.11 Å². The Morgan fingerprint density at radius 2 is 1.91 bits per heavy atom. The molecule has 0 amide bonds. The lowest BCUT2D eigenvalue weighted by Crippen LogP contribution is -2.44. The summed E-state index contributed by atoms with van der Waals surface area (Å²) < 4.78 is 0. The molecule has 2 aromatic rings. The standard InChI is InChI=1S/C17H22N4O/c22-13-6-5-12(11-13)16-14-3-1-2-4-15(14)19-17(20-16)21-9-7-18-8-10-21/h1-4,12-13,18,22H,5-11H2. The maximum absolute atomic E-state index is 9.89. The molecule has 4 rings (SSSR count). The van der Waals surface area contributed by atoms with E-state index in [1.807, 2.05) is 12.1 Å². The largest absolute Gasteiger partial charge is 0.393 e. The molecular weight excluding hydrogens is 276 g/mol. The van der Waals surface area contributed by atoms with E-state index in [1.165, 1.54) is 0 Å². The number of anilines is 1. The molecule has 2 unspecified atom stereocenters. The fourth-order valence-electron chi connectivity index (χ4n) is 3.61. The SMILES string of the molecule is OC1CCC(c2nc(N3CCNCC3)nc3ccccc23)C1. The Bertz CT molecular complexity index is 669. The molecular formula is C17H22N4O. The molecule has 1 aromatic carbocycles. The van der Waals surface area contributed by atoms with Crippen LogP contribution in [0.4, 0.5) is 5.95 Å². The average Bonchev–Trinajstić information content (AvgIpc) is 3.01. The second-order valence-corrected chi connectivity index (χ2v) is 6.33. The first-order valence-electron chi connectivity index (χ1n) is 8.21. The monoisotopic (exact) mass is 298 g/mol. The molecule has 2 fully saturated rings. The highest BCUT2D eigenvalue weighted by Gasteiger charge is 2.28. The lowest BCUT2D eigenvalue weighted by Gasteiger charge is -2.28. The van der Waals surface area contributed by atoms with Gasteiger partial charge in [-0.15, -0.1) is 0 Å². The van der Waals surface area contributed by atoms with Crippen molar-refractivity contribution in [1.29, 1.82) is 0 Å². The normalized spacial score (nSPS) is 25.8. The number of nitrogens with zero attached hydrogens (tertiary/aromatic N) is 3. The molecule has 2 atom stereocenters. The van der Waals surface area contributed by atoms with E-state index in [4.69, 9.17) is 9.97 Å². The van der Waals surface area contributed by atoms with Crippen molar-refractivity contribution in [3.05, 3.63) is 30.0 Å². The number of nitrogens with one attached hydrogen (secondary N) is 1.